The number of benzene rings is 2. The smallest absolute Gasteiger partial charge is 0.270 e. The monoisotopic (exact) mass is 463 g/mol. The first-order valence-electron chi connectivity index (χ1n) is 10.9. The van der Waals surface area contributed by atoms with Crippen molar-refractivity contribution >= 4 is 11.6 Å². The summed E-state index contributed by atoms with van der Waals surface area (Å²) in [6, 6.07) is 10.6. The number of carbonyl (C=O) groups excluding carboxylic acids is 1. The van der Waals surface area contributed by atoms with Crippen molar-refractivity contribution < 1.29 is 24.1 Å². The minimum absolute atomic E-state index is 0.0549. The molecule has 0 bridgehead atoms. The number of carbonyl (C=O) groups is 1. The van der Waals surface area contributed by atoms with Gasteiger partial charge in [0.15, 0.2) is 28.8 Å². The predicted molar refractivity (Wildman–Crippen MR) is 125 cm³/mol. The Morgan fingerprint density at radius 3 is 2.26 bits per heavy atom. The van der Waals surface area contributed by atoms with Crippen LogP contribution < -0.4 is 25.1 Å². The van der Waals surface area contributed by atoms with E-state index >= 15 is 0 Å². The molecule has 1 aliphatic heterocycles. The first-order chi connectivity index (χ1) is 16.4. The SMILES string of the molecule is COc1ccc(C2C3=C(CC(c4ccc(OC)c(OC)c4)CC3=O)Nc3[nH][nH]c(=O)c32)cc1O. The zero-order chi connectivity index (χ0) is 24.0. The van der Waals surface area contributed by atoms with Crippen LogP contribution in [0.25, 0.3) is 0 Å². The van der Waals surface area contributed by atoms with E-state index in [1.165, 1.54) is 7.11 Å². The second kappa shape index (κ2) is 8.33. The third-order valence-electron chi connectivity index (χ3n) is 6.59. The van der Waals surface area contributed by atoms with Gasteiger partial charge in [-0.05, 0) is 47.7 Å². The van der Waals surface area contributed by atoms with Crippen molar-refractivity contribution in [3.8, 4) is 23.0 Å². The molecule has 9 nitrogen and oxygen atoms in total. The zero-order valence-electron chi connectivity index (χ0n) is 19.0. The molecule has 5 rings (SSSR count). The number of H-pyrrole nitrogens is 2. The molecule has 2 aliphatic rings. The maximum Gasteiger partial charge on any atom is 0.270 e. The minimum atomic E-state index is -0.614. The van der Waals surface area contributed by atoms with E-state index in [9.17, 15) is 14.7 Å². The number of Topliss-reactive ketones (excluding diaryl/α,β-unsaturated/α-hetero) is 1. The Morgan fingerprint density at radius 1 is 0.853 bits per heavy atom. The van der Waals surface area contributed by atoms with Crippen LogP contribution in [-0.4, -0.2) is 42.4 Å². The van der Waals surface area contributed by atoms with Gasteiger partial charge in [0.05, 0.1) is 26.9 Å². The summed E-state index contributed by atoms with van der Waals surface area (Å²) in [5.41, 5.74) is 2.99. The second-order valence-corrected chi connectivity index (χ2v) is 8.39. The lowest BCUT2D eigenvalue weighted by atomic mass is 9.72. The van der Waals surface area contributed by atoms with Gasteiger partial charge >= 0.3 is 0 Å². The van der Waals surface area contributed by atoms with E-state index in [-0.39, 0.29) is 29.4 Å². The highest BCUT2D eigenvalue weighted by molar-refractivity contribution is 6.01. The zero-order valence-corrected chi connectivity index (χ0v) is 19.0. The summed E-state index contributed by atoms with van der Waals surface area (Å²) in [6.45, 7) is 0. The molecule has 34 heavy (non-hydrogen) atoms. The molecule has 0 amide bonds. The average Bonchev–Trinajstić information content (AvgIpc) is 3.22. The molecule has 2 aromatic carbocycles. The van der Waals surface area contributed by atoms with E-state index < -0.39 is 5.92 Å². The third kappa shape index (κ3) is 3.40. The van der Waals surface area contributed by atoms with Crippen molar-refractivity contribution in [2.75, 3.05) is 26.6 Å². The van der Waals surface area contributed by atoms with E-state index in [1.807, 2.05) is 18.2 Å². The second-order valence-electron chi connectivity index (χ2n) is 8.39. The molecular formula is C25H25N3O6. The number of aromatic hydroxyl groups is 1. The van der Waals surface area contributed by atoms with Crippen LogP contribution in [0.3, 0.4) is 0 Å². The highest BCUT2D eigenvalue weighted by Crippen LogP contribution is 2.48. The molecule has 176 valence electrons. The molecule has 0 saturated carbocycles. The van der Waals surface area contributed by atoms with Gasteiger partial charge in [-0.15, -0.1) is 0 Å². The Labute approximate surface area is 195 Å². The van der Waals surface area contributed by atoms with Crippen molar-refractivity contribution in [3.63, 3.8) is 0 Å². The van der Waals surface area contributed by atoms with Crippen LogP contribution in [0.2, 0.25) is 0 Å². The largest absolute Gasteiger partial charge is 0.504 e. The van der Waals surface area contributed by atoms with Gasteiger partial charge in [-0.25, -0.2) is 0 Å². The van der Waals surface area contributed by atoms with Crippen LogP contribution in [0.1, 0.15) is 41.4 Å². The molecule has 3 aromatic rings. The Kier molecular flexibility index (Phi) is 5.31. The summed E-state index contributed by atoms with van der Waals surface area (Å²) in [5, 5.41) is 19.1. The summed E-state index contributed by atoms with van der Waals surface area (Å²) in [6.07, 6.45) is 0.855. The number of allylic oxidation sites excluding steroid dienone is 2. The van der Waals surface area contributed by atoms with Crippen molar-refractivity contribution in [2.45, 2.75) is 24.7 Å². The van der Waals surface area contributed by atoms with E-state index in [2.05, 4.69) is 15.5 Å². The Morgan fingerprint density at radius 2 is 1.56 bits per heavy atom. The van der Waals surface area contributed by atoms with Gasteiger partial charge in [-0.2, -0.15) is 0 Å². The number of methoxy groups -OCH3 is 3. The average molecular weight is 463 g/mol. The molecule has 2 unspecified atom stereocenters. The lowest BCUT2D eigenvalue weighted by Gasteiger charge is -2.34. The molecule has 1 aromatic heterocycles. The summed E-state index contributed by atoms with van der Waals surface area (Å²) >= 11 is 0. The molecule has 0 fully saturated rings. The number of fused-ring (bicyclic) bond motifs is 1. The molecule has 1 aliphatic carbocycles. The first-order valence-corrected chi connectivity index (χ1v) is 10.9. The van der Waals surface area contributed by atoms with Crippen LogP contribution in [0.5, 0.6) is 23.0 Å². The summed E-state index contributed by atoms with van der Waals surface area (Å²) in [7, 11) is 4.63. The van der Waals surface area contributed by atoms with E-state index in [4.69, 9.17) is 14.2 Å². The maximum absolute atomic E-state index is 13.6. The van der Waals surface area contributed by atoms with Crippen LogP contribution in [0, 0.1) is 0 Å². The van der Waals surface area contributed by atoms with Gasteiger partial charge < -0.3 is 24.6 Å². The minimum Gasteiger partial charge on any atom is -0.504 e. The highest BCUT2D eigenvalue weighted by atomic mass is 16.5. The number of ketones is 1. The van der Waals surface area contributed by atoms with Gasteiger partial charge in [0, 0.05) is 23.6 Å². The lowest BCUT2D eigenvalue weighted by Crippen LogP contribution is -2.31. The quantitative estimate of drug-likeness (QED) is 0.457. The fourth-order valence-corrected chi connectivity index (χ4v) is 4.98. The van der Waals surface area contributed by atoms with Crippen LogP contribution >= 0.6 is 0 Å². The fourth-order valence-electron chi connectivity index (χ4n) is 4.98. The maximum atomic E-state index is 13.6. The molecule has 0 saturated heterocycles. The number of hydrogen-bond donors (Lipinski definition) is 4. The molecule has 2 heterocycles. The lowest BCUT2D eigenvalue weighted by molar-refractivity contribution is -0.116. The number of hydrogen-bond acceptors (Lipinski definition) is 7. The highest BCUT2D eigenvalue weighted by Gasteiger charge is 2.40. The number of ether oxygens (including phenoxy) is 3. The topological polar surface area (TPSA) is 126 Å². The van der Waals surface area contributed by atoms with E-state index in [0.717, 1.165) is 11.3 Å². The number of anilines is 1. The normalized spacial score (nSPS) is 19.2. The van der Waals surface area contributed by atoms with Crippen molar-refractivity contribution in [3.05, 3.63) is 74.7 Å². The molecule has 4 N–H and O–H groups in total. The van der Waals surface area contributed by atoms with Crippen molar-refractivity contribution in [1.82, 2.24) is 10.2 Å². The van der Waals surface area contributed by atoms with Crippen molar-refractivity contribution in [2.24, 2.45) is 0 Å². The molecule has 2 atom stereocenters. The Bertz CT molecular complexity index is 1370. The number of aromatic nitrogens is 2. The standard InChI is InChI=1S/C25H25N3O6/c1-32-18-6-5-13(9-16(18)29)21-22-15(26-24-23(21)25(31)28-27-24)8-14(10-17(22)30)12-4-7-19(33-2)20(11-12)34-3/h4-7,9,11,14,21,29H,8,10H2,1-3H3,(H3,26,27,28,31). The van der Waals surface area contributed by atoms with E-state index in [0.29, 0.717) is 46.2 Å². The van der Waals surface area contributed by atoms with E-state index in [1.54, 1.807) is 32.4 Å². The Balaban J connectivity index is 1.59. The van der Waals surface area contributed by atoms with Gasteiger partial charge in [0.2, 0.25) is 0 Å². The fraction of sp³-hybridized carbons (Fsp3) is 0.280. The molecular weight excluding hydrogens is 438 g/mol. The van der Waals surface area contributed by atoms with Gasteiger partial charge in [0.1, 0.15) is 5.82 Å². The third-order valence-corrected chi connectivity index (χ3v) is 6.59. The van der Waals surface area contributed by atoms with Crippen molar-refractivity contribution in [1.29, 1.82) is 0 Å². The van der Waals surface area contributed by atoms with Gasteiger partial charge in [-0.1, -0.05) is 12.1 Å². The summed E-state index contributed by atoms with van der Waals surface area (Å²) < 4.78 is 15.9. The molecule has 0 spiro atoms. The molecule has 9 heteroatoms. The predicted octanol–water partition coefficient (Wildman–Crippen LogP) is 3.39. The number of phenols is 1. The number of rotatable bonds is 5. The first kappa shape index (κ1) is 21.7. The van der Waals surface area contributed by atoms with Gasteiger partial charge in [-0.3, -0.25) is 19.8 Å². The van der Waals surface area contributed by atoms with Crippen LogP contribution in [0.4, 0.5) is 5.82 Å². The number of aromatic amines is 2. The molecule has 0 radical (unpaired) electrons. The summed E-state index contributed by atoms with van der Waals surface area (Å²) in [4.78, 5) is 26.2. The number of nitrogens with one attached hydrogen (secondary N) is 3. The van der Waals surface area contributed by atoms with Gasteiger partial charge in [0.25, 0.3) is 5.56 Å². The Hall–Kier alpha value is -4.14. The number of phenolic OH excluding ortho intramolecular Hbond substituents is 1. The van der Waals surface area contributed by atoms with Crippen LogP contribution in [0.15, 0.2) is 52.5 Å². The van der Waals surface area contributed by atoms with Crippen LogP contribution in [-0.2, 0) is 4.79 Å². The summed E-state index contributed by atoms with van der Waals surface area (Å²) in [5.74, 6) is 1.27.